The van der Waals surface area contributed by atoms with Crippen molar-refractivity contribution in [1.29, 1.82) is 0 Å². The van der Waals surface area contributed by atoms with Crippen LogP contribution in [0.4, 0.5) is 20.2 Å². The second-order valence-corrected chi connectivity index (χ2v) is 19.3. The van der Waals surface area contributed by atoms with Gasteiger partial charge in [0.15, 0.2) is 0 Å². The molecule has 356 valence electrons. The van der Waals surface area contributed by atoms with Gasteiger partial charge in [-0.15, -0.1) is 0 Å². The second kappa shape index (κ2) is 21.3. The minimum Gasteiger partial charge on any atom is -0.399 e. The number of nitrogens with zero attached hydrogens (tertiary/aromatic N) is 3. The van der Waals surface area contributed by atoms with E-state index in [1.165, 1.54) is 52.2 Å². The highest BCUT2D eigenvalue weighted by Gasteiger charge is 2.28. The number of hydrogen-bond donors (Lipinski definition) is 3. The number of nitrogens with two attached hydrogens (primary N) is 1. The topological polar surface area (TPSA) is 95.5 Å². The van der Waals surface area contributed by atoms with E-state index in [0.29, 0.717) is 0 Å². The van der Waals surface area contributed by atoms with Crippen LogP contribution in [0.25, 0.3) is 44.8 Å². The van der Waals surface area contributed by atoms with Crippen LogP contribution in [0.2, 0.25) is 0 Å². The molecule has 6 nitrogen and oxygen atoms in total. The lowest BCUT2D eigenvalue weighted by atomic mass is 9.87. The molecule has 70 heavy (non-hydrogen) atoms. The molecule has 0 unspecified atom stereocenters. The fourth-order valence-electron chi connectivity index (χ4n) is 10.5. The van der Waals surface area contributed by atoms with Gasteiger partial charge in [0, 0.05) is 58.1 Å². The SMILES string of the molecule is CC(C)c1nc2c(c(-c3ccc(F)cc3)c1CO)CCCc1cc(N(Cc3ccccc3)Cc3ccccc3)ccc1-2.CC(C)c1nc2c(c(-c3ccc(F)cc3)c1CO)CCCc1cc(N)ccc1-2. The van der Waals surface area contributed by atoms with E-state index < -0.39 is 0 Å². The third-order valence-corrected chi connectivity index (χ3v) is 13.8. The van der Waals surface area contributed by atoms with E-state index in [9.17, 15) is 19.0 Å². The number of halogens is 2. The number of aliphatic hydroxyl groups excluding tert-OH is 2. The van der Waals surface area contributed by atoms with E-state index in [-0.39, 0.29) is 36.7 Å². The third kappa shape index (κ3) is 10.2. The third-order valence-electron chi connectivity index (χ3n) is 13.8. The molecule has 6 aromatic carbocycles. The number of anilines is 2. The van der Waals surface area contributed by atoms with Gasteiger partial charge in [0.2, 0.25) is 0 Å². The molecule has 10 rings (SSSR count). The summed E-state index contributed by atoms with van der Waals surface area (Å²) < 4.78 is 27.5. The highest BCUT2D eigenvalue weighted by Crippen LogP contribution is 2.44. The Morgan fingerprint density at radius 1 is 0.529 bits per heavy atom. The summed E-state index contributed by atoms with van der Waals surface area (Å²) in [6.45, 7) is 9.86. The summed E-state index contributed by atoms with van der Waals surface area (Å²) >= 11 is 0. The second-order valence-electron chi connectivity index (χ2n) is 19.3. The molecule has 0 fully saturated rings. The van der Waals surface area contributed by atoms with Crippen LogP contribution in [0.3, 0.4) is 0 Å². The summed E-state index contributed by atoms with van der Waals surface area (Å²) in [5.41, 5.74) is 26.9. The molecule has 0 saturated carbocycles. The zero-order valence-corrected chi connectivity index (χ0v) is 40.7. The highest BCUT2D eigenvalue weighted by molar-refractivity contribution is 5.83. The number of aromatic nitrogens is 2. The molecule has 0 atom stereocenters. The summed E-state index contributed by atoms with van der Waals surface area (Å²) in [5, 5.41) is 20.8. The van der Waals surface area contributed by atoms with Gasteiger partial charge in [-0.25, -0.2) is 8.78 Å². The zero-order valence-electron chi connectivity index (χ0n) is 40.7. The van der Waals surface area contributed by atoms with Crippen molar-refractivity contribution in [2.75, 3.05) is 10.6 Å². The Bertz CT molecular complexity index is 3060. The first kappa shape index (κ1) is 48.0. The van der Waals surface area contributed by atoms with Crippen molar-refractivity contribution >= 4 is 11.4 Å². The van der Waals surface area contributed by atoms with Gasteiger partial charge in [0.05, 0.1) is 24.6 Å². The van der Waals surface area contributed by atoms with Gasteiger partial charge >= 0.3 is 0 Å². The minimum atomic E-state index is -0.264. The normalized spacial score (nSPS) is 12.8. The molecule has 2 aliphatic carbocycles. The van der Waals surface area contributed by atoms with E-state index in [1.807, 2.05) is 24.3 Å². The van der Waals surface area contributed by atoms with Crippen molar-refractivity contribution in [2.24, 2.45) is 0 Å². The molecule has 0 aliphatic heterocycles. The van der Waals surface area contributed by atoms with Crippen molar-refractivity contribution in [3.8, 4) is 44.8 Å². The first-order chi connectivity index (χ1) is 34.0. The number of pyridine rings is 2. The molecule has 4 N–H and O–H groups in total. The monoisotopic (exact) mass is 932 g/mol. The number of fused-ring (bicyclic) bond motifs is 6. The van der Waals surface area contributed by atoms with Crippen LogP contribution in [-0.4, -0.2) is 20.2 Å². The molecule has 8 heteroatoms. The molecule has 2 aromatic heterocycles. The maximum Gasteiger partial charge on any atom is 0.123 e. The van der Waals surface area contributed by atoms with E-state index in [2.05, 4.69) is 118 Å². The summed E-state index contributed by atoms with van der Waals surface area (Å²) in [5.74, 6) is -0.233. The van der Waals surface area contributed by atoms with Gasteiger partial charge in [-0.2, -0.15) is 0 Å². The van der Waals surface area contributed by atoms with Crippen molar-refractivity contribution in [3.63, 3.8) is 0 Å². The van der Waals surface area contributed by atoms with Crippen LogP contribution in [0.1, 0.15) is 108 Å². The largest absolute Gasteiger partial charge is 0.399 e. The molecule has 0 radical (unpaired) electrons. The lowest BCUT2D eigenvalue weighted by Crippen LogP contribution is -2.22. The first-order valence-electron chi connectivity index (χ1n) is 24.7. The van der Waals surface area contributed by atoms with E-state index in [1.54, 1.807) is 12.1 Å². The smallest absolute Gasteiger partial charge is 0.123 e. The van der Waals surface area contributed by atoms with Crippen molar-refractivity contribution in [1.82, 2.24) is 9.97 Å². The fraction of sp³-hybridized carbons (Fsp3) is 0.258. The fourth-order valence-corrected chi connectivity index (χ4v) is 10.5. The van der Waals surface area contributed by atoms with Crippen LogP contribution >= 0.6 is 0 Å². The van der Waals surface area contributed by atoms with Crippen molar-refractivity contribution < 1.29 is 19.0 Å². The standard InChI is InChI=1S/C38H37FN2O.C24H25FN2O/c1-26(2)37-35(25-42)36(29-16-18-31(39)19-17-29)34-15-9-14-30-22-32(20-21-33(30)38(34)40-37)41(23-27-10-5-3-6-11-27)24-28-12-7-4-8-13-28;1-14(2)23-21(13-28)22(15-6-8-17(25)9-7-15)20-5-3-4-16-12-18(26)10-11-19(16)24(20)27-23/h3-8,10-13,16-22,26,42H,9,14-15,23-25H2,1-2H3;6-12,14,28H,3-5,13,26H2,1-2H3. The highest BCUT2D eigenvalue weighted by atomic mass is 19.1. The van der Waals surface area contributed by atoms with Gasteiger partial charge in [-0.05, 0) is 155 Å². The Morgan fingerprint density at radius 3 is 1.39 bits per heavy atom. The Kier molecular flexibility index (Phi) is 14.6. The van der Waals surface area contributed by atoms with Gasteiger partial charge in [-0.1, -0.05) is 125 Å². The number of benzene rings is 6. The molecule has 0 saturated heterocycles. The van der Waals surface area contributed by atoms with Crippen molar-refractivity contribution in [3.05, 3.63) is 213 Å². The van der Waals surface area contributed by atoms with Crippen LogP contribution in [-0.2, 0) is 52.0 Å². The van der Waals surface area contributed by atoms with Crippen LogP contribution < -0.4 is 10.6 Å². The van der Waals surface area contributed by atoms with E-state index >= 15 is 0 Å². The molecule has 2 heterocycles. The summed E-state index contributed by atoms with van der Waals surface area (Å²) in [4.78, 5) is 12.7. The van der Waals surface area contributed by atoms with Gasteiger partial charge in [-0.3, -0.25) is 9.97 Å². The summed E-state index contributed by atoms with van der Waals surface area (Å²) in [6, 6.07) is 47.3. The number of hydrogen-bond acceptors (Lipinski definition) is 6. The Hall–Kier alpha value is -7.00. The predicted molar refractivity (Wildman–Crippen MR) is 281 cm³/mol. The quantitative estimate of drug-likeness (QED) is 0.112. The lowest BCUT2D eigenvalue weighted by Gasteiger charge is -2.27. The van der Waals surface area contributed by atoms with Gasteiger partial charge < -0.3 is 20.8 Å². The summed E-state index contributed by atoms with van der Waals surface area (Å²) in [7, 11) is 0. The summed E-state index contributed by atoms with van der Waals surface area (Å²) in [6.07, 6.45) is 5.54. The van der Waals surface area contributed by atoms with Gasteiger partial charge in [0.1, 0.15) is 11.6 Å². The molecular formula is C62H62F2N4O2. The Labute approximate surface area is 411 Å². The maximum absolute atomic E-state index is 13.9. The van der Waals surface area contributed by atoms with E-state index in [4.69, 9.17) is 15.7 Å². The average Bonchev–Trinajstić information content (AvgIpc) is 3.67. The molecule has 0 bridgehead atoms. The van der Waals surface area contributed by atoms with Crippen LogP contribution in [0, 0.1) is 11.6 Å². The maximum atomic E-state index is 13.9. The van der Waals surface area contributed by atoms with Crippen LogP contribution in [0.15, 0.2) is 146 Å². The number of nitrogen functional groups attached to an aromatic ring is 1. The Balaban J connectivity index is 0.000000188. The van der Waals surface area contributed by atoms with Crippen LogP contribution in [0.5, 0.6) is 0 Å². The lowest BCUT2D eigenvalue weighted by molar-refractivity contribution is 0.279. The average molecular weight is 933 g/mol. The number of aliphatic hydroxyl groups is 2. The van der Waals surface area contributed by atoms with Crippen molar-refractivity contribution in [2.45, 2.75) is 104 Å². The number of rotatable bonds is 11. The zero-order chi connectivity index (χ0) is 48.9. The number of aryl methyl sites for hydroxylation is 2. The van der Waals surface area contributed by atoms with Gasteiger partial charge in [0.25, 0.3) is 0 Å². The molecular weight excluding hydrogens is 871 g/mol. The first-order valence-corrected chi connectivity index (χ1v) is 24.7. The minimum absolute atomic E-state index is 0.0882. The van der Waals surface area contributed by atoms with E-state index in [0.717, 1.165) is 136 Å². The Morgan fingerprint density at radius 2 is 0.957 bits per heavy atom. The predicted octanol–water partition coefficient (Wildman–Crippen LogP) is 14.1. The molecule has 0 spiro atoms. The molecule has 0 amide bonds. The molecule has 8 aromatic rings. The molecule has 2 aliphatic rings.